The van der Waals surface area contributed by atoms with Crippen LogP contribution >= 0.6 is 0 Å². The van der Waals surface area contributed by atoms with Crippen molar-refractivity contribution >= 4 is 5.97 Å². The Kier molecular flexibility index (Phi) is 2.77. The molecule has 1 atom stereocenters. The highest BCUT2D eigenvalue weighted by molar-refractivity contribution is 5.77. The molecule has 0 saturated heterocycles. The molecule has 0 bridgehead atoms. The summed E-state index contributed by atoms with van der Waals surface area (Å²) in [5, 5.41) is 16.9. The topological polar surface area (TPSA) is 110 Å². The lowest BCUT2D eigenvalue weighted by atomic mass is 9.97. The minimum atomic E-state index is -1.82. The standard InChI is InChI=1S/C5H12N2O3/c1-3(2-8)5(6,7)4(9)10/h3,8H,2,6-7H2,1H3,(H,9,10). The van der Waals surface area contributed by atoms with E-state index in [2.05, 4.69) is 0 Å². The maximum atomic E-state index is 10.3. The normalized spacial score (nSPS) is 14.8. The number of aliphatic hydroxyl groups is 1. The predicted molar refractivity (Wildman–Crippen MR) is 35.0 cm³/mol. The molecule has 1 unspecified atom stereocenters. The Morgan fingerprint density at radius 3 is 2.20 bits per heavy atom. The van der Waals surface area contributed by atoms with E-state index in [1.807, 2.05) is 0 Å². The highest BCUT2D eigenvalue weighted by atomic mass is 16.4. The lowest BCUT2D eigenvalue weighted by Crippen LogP contribution is -2.61. The molecule has 0 heterocycles. The second-order valence-electron chi connectivity index (χ2n) is 2.32. The van der Waals surface area contributed by atoms with Crippen LogP contribution in [0, 0.1) is 5.92 Å². The van der Waals surface area contributed by atoms with Crippen molar-refractivity contribution in [1.29, 1.82) is 0 Å². The number of hydrogen-bond acceptors (Lipinski definition) is 4. The van der Waals surface area contributed by atoms with Gasteiger partial charge in [0, 0.05) is 12.5 Å². The van der Waals surface area contributed by atoms with Crippen LogP contribution in [-0.4, -0.2) is 28.5 Å². The Morgan fingerprint density at radius 2 is 2.10 bits per heavy atom. The van der Waals surface area contributed by atoms with E-state index in [9.17, 15) is 4.79 Å². The monoisotopic (exact) mass is 148 g/mol. The Hall–Kier alpha value is -0.650. The summed E-state index contributed by atoms with van der Waals surface area (Å²) in [6, 6.07) is 0. The molecule has 60 valence electrons. The molecular formula is C5H12N2O3. The van der Waals surface area contributed by atoms with Crippen LogP contribution in [0.4, 0.5) is 0 Å². The van der Waals surface area contributed by atoms with Crippen molar-refractivity contribution in [3.8, 4) is 0 Å². The first-order chi connectivity index (χ1) is 4.42. The van der Waals surface area contributed by atoms with Crippen molar-refractivity contribution in [2.75, 3.05) is 6.61 Å². The fourth-order valence-corrected chi connectivity index (χ4v) is 0.362. The van der Waals surface area contributed by atoms with E-state index in [0.29, 0.717) is 0 Å². The van der Waals surface area contributed by atoms with Gasteiger partial charge in [-0.25, -0.2) is 4.79 Å². The van der Waals surface area contributed by atoms with Gasteiger partial charge in [-0.05, 0) is 0 Å². The molecule has 0 aliphatic rings. The third-order valence-corrected chi connectivity index (χ3v) is 1.46. The third kappa shape index (κ3) is 1.66. The number of nitrogens with two attached hydrogens (primary N) is 2. The SMILES string of the molecule is CC(CO)C(N)(N)C(=O)O. The Morgan fingerprint density at radius 1 is 1.70 bits per heavy atom. The summed E-state index contributed by atoms with van der Waals surface area (Å²) in [6.45, 7) is 1.13. The summed E-state index contributed by atoms with van der Waals surface area (Å²) in [6.07, 6.45) is 0. The molecule has 0 aromatic rings. The zero-order valence-corrected chi connectivity index (χ0v) is 5.74. The number of hydrogen-bond donors (Lipinski definition) is 4. The maximum Gasteiger partial charge on any atom is 0.338 e. The average Bonchev–Trinajstić information content (AvgIpc) is 1.86. The molecule has 5 heteroatoms. The lowest BCUT2D eigenvalue weighted by Gasteiger charge is -2.24. The van der Waals surface area contributed by atoms with E-state index in [4.69, 9.17) is 21.7 Å². The first kappa shape index (κ1) is 9.35. The minimum absolute atomic E-state index is 0.334. The molecule has 0 fully saturated rings. The Bertz CT molecular complexity index is 135. The van der Waals surface area contributed by atoms with Crippen LogP contribution in [0.2, 0.25) is 0 Å². The number of carboxylic acid groups (broad SMARTS) is 1. The molecule has 5 nitrogen and oxygen atoms in total. The quantitative estimate of drug-likeness (QED) is 0.357. The van der Waals surface area contributed by atoms with Crippen molar-refractivity contribution in [1.82, 2.24) is 0 Å². The van der Waals surface area contributed by atoms with E-state index < -0.39 is 17.6 Å². The van der Waals surface area contributed by atoms with E-state index in [1.54, 1.807) is 0 Å². The lowest BCUT2D eigenvalue weighted by molar-refractivity contribution is -0.145. The number of rotatable bonds is 3. The predicted octanol–water partition coefficient (Wildman–Crippen LogP) is -1.69. The van der Waals surface area contributed by atoms with Gasteiger partial charge in [-0.1, -0.05) is 6.92 Å². The summed E-state index contributed by atoms with van der Waals surface area (Å²) < 4.78 is 0. The number of carbonyl (C=O) groups is 1. The zero-order valence-electron chi connectivity index (χ0n) is 5.74. The van der Waals surface area contributed by atoms with Gasteiger partial charge in [0.05, 0.1) is 0 Å². The van der Waals surface area contributed by atoms with E-state index >= 15 is 0 Å². The van der Waals surface area contributed by atoms with Crippen molar-refractivity contribution in [2.45, 2.75) is 12.6 Å². The second-order valence-corrected chi connectivity index (χ2v) is 2.32. The smallest absolute Gasteiger partial charge is 0.338 e. The van der Waals surface area contributed by atoms with Gasteiger partial charge in [0.2, 0.25) is 0 Å². The molecule has 0 radical (unpaired) electrons. The van der Waals surface area contributed by atoms with Crippen molar-refractivity contribution < 1.29 is 15.0 Å². The van der Waals surface area contributed by atoms with Gasteiger partial charge in [-0.15, -0.1) is 0 Å². The summed E-state index contributed by atoms with van der Waals surface area (Å²) in [5.74, 6) is -1.96. The van der Waals surface area contributed by atoms with E-state index in [1.165, 1.54) is 6.92 Å². The van der Waals surface area contributed by atoms with Crippen molar-refractivity contribution in [3.05, 3.63) is 0 Å². The van der Waals surface area contributed by atoms with Gasteiger partial charge in [-0.3, -0.25) is 0 Å². The van der Waals surface area contributed by atoms with Crippen LogP contribution in [-0.2, 0) is 4.79 Å². The Labute approximate surface area is 58.6 Å². The van der Waals surface area contributed by atoms with Crippen molar-refractivity contribution in [2.24, 2.45) is 17.4 Å². The van der Waals surface area contributed by atoms with Gasteiger partial charge in [0.15, 0.2) is 5.66 Å². The number of carboxylic acids is 1. The molecule has 6 N–H and O–H groups in total. The molecule has 0 aromatic carbocycles. The third-order valence-electron chi connectivity index (χ3n) is 1.46. The summed E-state index contributed by atoms with van der Waals surface area (Å²) in [7, 11) is 0. The highest BCUT2D eigenvalue weighted by Gasteiger charge is 2.34. The average molecular weight is 148 g/mol. The van der Waals surface area contributed by atoms with Gasteiger partial charge in [0.25, 0.3) is 0 Å². The molecule has 0 amide bonds. The first-order valence-electron chi connectivity index (χ1n) is 2.85. The molecule has 0 aliphatic heterocycles. The summed E-state index contributed by atoms with van der Waals surface area (Å²) >= 11 is 0. The van der Waals surface area contributed by atoms with Gasteiger partial charge < -0.3 is 21.7 Å². The van der Waals surface area contributed by atoms with Crippen LogP contribution in [0.15, 0.2) is 0 Å². The van der Waals surface area contributed by atoms with Gasteiger partial charge >= 0.3 is 5.97 Å². The number of aliphatic carboxylic acids is 1. The molecule has 0 saturated carbocycles. The first-order valence-corrected chi connectivity index (χ1v) is 2.85. The molecule has 0 aliphatic carbocycles. The number of aliphatic hydroxyl groups excluding tert-OH is 1. The van der Waals surface area contributed by atoms with Crippen LogP contribution in [0.25, 0.3) is 0 Å². The molecular weight excluding hydrogens is 136 g/mol. The summed E-state index contributed by atoms with van der Waals surface area (Å²) in [5.41, 5.74) is 8.44. The fraction of sp³-hybridized carbons (Fsp3) is 0.800. The Balaban J connectivity index is 4.23. The minimum Gasteiger partial charge on any atom is -0.479 e. The van der Waals surface area contributed by atoms with E-state index in [-0.39, 0.29) is 6.61 Å². The van der Waals surface area contributed by atoms with Crippen LogP contribution in [0.1, 0.15) is 6.92 Å². The zero-order chi connectivity index (χ0) is 8.36. The second kappa shape index (κ2) is 2.96. The van der Waals surface area contributed by atoms with Crippen LogP contribution in [0.5, 0.6) is 0 Å². The van der Waals surface area contributed by atoms with Gasteiger partial charge in [0.1, 0.15) is 0 Å². The largest absolute Gasteiger partial charge is 0.479 e. The molecule has 0 spiro atoms. The molecule has 10 heavy (non-hydrogen) atoms. The molecule has 0 aromatic heterocycles. The van der Waals surface area contributed by atoms with Crippen LogP contribution < -0.4 is 11.5 Å². The van der Waals surface area contributed by atoms with Crippen LogP contribution in [0.3, 0.4) is 0 Å². The highest BCUT2D eigenvalue weighted by Crippen LogP contribution is 2.06. The van der Waals surface area contributed by atoms with E-state index in [0.717, 1.165) is 0 Å². The fourth-order valence-electron chi connectivity index (χ4n) is 0.362. The van der Waals surface area contributed by atoms with Gasteiger partial charge in [-0.2, -0.15) is 0 Å². The van der Waals surface area contributed by atoms with Crippen molar-refractivity contribution in [3.63, 3.8) is 0 Å². The molecule has 0 rings (SSSR count). The maximum absolute atomic E-state index is 10.3. The summed E-state index contributed by atoms with van der Waals surface area (Å²) in [4.78, 5) is 10.3.